The van der Waals surface area contributed by atoms with E-state index in [1.54, 1.807) is 13.4 Å². The Morgan fingerprint density at radius 2 is 1.71 bits per heavy atom. The number of nitrogens with zero attached hydrogens (tertiary/aromatic N) is 1. The summed E-state index contributed by atoms with van der Waals surface area (Å²) in [7, 11) is 1.64. The second kappa shape index (κ2) is 5.98. The van der Waals surface area contributed by atoms with Gasteiger partial charge in [0.15, 0.2) is 5.69 Å². The van der Waals surface area contributed by atoms with Gasteiger partial charge in [0.1, 0.15) is 12.0 Å². The second-order valence-electron chi connectivity index (χ2n) is 4.38. The van der Waals surface area contributed by atoms with Crippen molar-refractivity contribution in [3.05, 3.63) is 72.1 Å². The van der Waals surface area contributed by atoms with E-state index < -0.39 is 0 Å². The van der Waals surface area contributed by atoms with Crippen LogP contribution in [0.1, 0.15) is 11.3 Å². The first-order valence-corrected chi connectivity index (χ1v) is 6.52. The molecular formula is C18H13NO2. The third kappa shape index (κ3) is 3.13. The monoisotopic (exact) mass is 275 g/mol. The van der Waals surface area contributed by atoms with E-state index in [1.165, 1.54) is 0 Å². The summed E-state index contributed by atoms with van der Waals surface area (Å²) in [6.45, 7) is 0. The number of ether oxygens (including phenoxy) is 1. The molecule has 0 saturated heterocycles. The Bertz CT molecular complexity index is 777. The fourth-order valence-electron chi connectivity index (χ4n) is 1.86. The Labute approximate surface area is 123 Å². The van der Waals surface area contributed by atoms with Crippen molar-refractivity contribution >= 4 is 0 Å². The molecule has 0 atom stereocenters. The molecule has 0 amide bonds. The summed E-state index contributed by atoms with van der Waals surface area (Å²) in [5.41, 5.74) is 2.46. The Balaban J connectivity index is 1.81. The average Bonchev–Trinajstić information content (AvgIpc) is 3.03. The lowest BCUT2D eigenvalue weighted by molar-refractivity contribution is 0.415. The summed E-state index contributed by atoms with van der Waals surface area (Å²) < 4.78 is 10.6. The van der Waals surface area contributed by atoms with Gasteiger partial charge in [0, 0.05) is 11.1 Å². The number of oxazole rings is 1. The number of methoxy groups -OCH3 is 1. The van der Waals surface area contributed by atoms with Crippen LogP contribution in [0.2, 0.25) is 0 Å². The molecular weight excluding hydrogens is 262 g/mol. The number of benzene rings is 2. The highest BCUT2D eigenvalue weighted by atomic mass is 16.5. The number of hydrogen-bond acceptors (Lipinski definition) is 3. The summed E-state index contributed by atoms with van der Waals surface area (Å²) in [6.07, 6.45) is 1.56. The van der Waals surface area contributed by atoms with Gasteiger partial charge in [-0.25, -0.2) is 4.98 Å². The summed E-state index contributed by atoms with van der Waals surface area (Å²) in [4.78, 5) is 4.37. The molecule has 0 aliphatic heterocycles. The Kier molecular flexibility index (Phi) is 3.70. The SMILES string of the molecule is COc1ccc(-c2nc(C#Cc3ccccc3)co2)cc1. The molecule has 3 rings (SSSR count). The molecule has 0 spiro atoms. The van der Waals surface area contributed by atoms with Gasteiger partial charge in [-0.2, -0.15) is 0 Å². The quantitative estimate of drug-likeness (QED) is 0.668. The molecule has 0 bridgehead atoms. The topological polar surface area (TPSA) is 35.3 Å². The van der Waals surface area contributed by atoms with Crippen molar-refractivity contribution in [2.24, 2.45) is 0 Å². The van der Waals surface area contributed by atoms with Gasteiger partial charge in [0.25, 0.3) is 0 Å². The van der Waals surface area contributed by atoms with Crippen LogP contribution in [0.25, 0.3) is 11.5 Å². The van der Waals surface area contributed by atoms with Gasteiger partial charge in [-0.05, 0) is 42.3 Å². The zero-order chi connectivity index (χ0) is 14.5. The van der Waals surface area contributed by atoms with Crippen LogP contribution >= 0.6 is 0 Å². The number of aromatic nitrogens is 1. The average molecular weight is 275 g/mol. The Morgan fingerprint density at radius 1 is 0.952 bits per heavy atom. The van der Waals surface area contributed by atoms with Crippen molar-refractivity contribution in [3.8, 4) is 29.0 Å². The lowest BCUT2D eigenvalue weighted by atomic mass is 10.2. The normalized spacial score (nSPS) is 9.76. The van der Waals surface area contributed by atoms with E-state index in [0.717, 1.165) is 16.9 Å². The smallest absolute Gasteiger partial charge is 0.227 e. The van der Waals surface area contributed by atoms with Crippen LogP contribution in [0, 0.1) is 11.8 Å². The molecule has 0 N–H and O–H groups in total. The molecule has 3 heteroatoms. The van der Waals surface area contributed by atoms with E-state index in [0.29, 0.717) is 11.6 Å². The molecule has 1 heterocycles. The van der Waals surface area contributed by atoms with Crippen molar-refractivity contribution in [2.45, 2.75) is 0 Å². The van der Waals surface area contributed by atoms with E-state index >= 15 is 0 Å². The van der Waals surface area contributed by atoms with Crippen LogP contribution in [0.15, 0.2) is 65.3 Å². The molecule has 0 radical (unpaired) electrons. The van der Waals surface area contributed by atoms with E-state index in [-0.39, 0.29) is 0 Å². The highest BCUT2D eigenvalue weighted by molar-refractivity contribution is 5.55. The fourth-order valence-corrected chi connectivity index (χ4v) is 1.86. The van der Waals surface area contributed by atoms with Crippen LogP contribution in [0.3, 0.4) is 0 Å². The maximum atomic E-state index is 5.46. The van der Waals surface area contributed by atoms with Gasteiger partial charge in [0.2, 0.25) is 5.89 Å². The molecule has 102 valence electrons. The van der Waals surface area contributed by atoms with Crippen LogP contribution in [0.5, 0.6) is 5.75 Å². The minimum atomic E-state index is 0.551. The zero-order valence-corrected chi connectivity index (χ0v) is 11.5. The zero-order valence-electron chi connectivity index (χ0n) is 11.5. The van der Waals surface area contributed by atoms with Crippen LogP contribution in [-0.4, -0.2) is 12.1 Å². The van der Waals surface area contributed by atoms with Gasteiger partial charge < -0.3 is 9.15 Å². The maximum absolute atomic E-state index is 5.46. The molecule has 0 saturated carbocycles. The van der Waals surface area contributed by atoms with Crippen molar-refractivity contribution < 1.29 is 9.15 Å². The molecule has 3 nitrogen and oxygen atoms in total. The van der Waals surface area contributed by atoms with E-state index in [2.05, 4.69) is 16.8 Å². The molecule has 1 aromatic heterocycles. The first kappa shape index (κ1) is 13.0. The van der Waals surface area contributed by atoms with Gasteiger partial charge in [0.05, 0.1) is 7.11 Å². The van der Waals surface area contributed by atoms with Crippen LogP contribution in [0.4, 0.5) is 0 Å². The molecule has 0 fully saturated rings. The Hall–Kier alpha value is -2.99. The van der Waals surface area contributed by atoms with E-state index in [4.69, 9.17) is 9.15 Å². The first-order valence-electron chi connectivity index (χ1n) is 6.52. The number of rotatable bonds is 2. The minimum Gasteiger partial charge on any atom is -0.497 e. The Morgan fingerprint density at radius 3 is 2.43 bits per heavy atom. The highest BCUT2D eigenvalue weighted by Crippen LogP contribution is 2.21. The van der Waals surface area contributed by atoms with Gasteiger partial charge in [-0.3, -0.25) is 0 Å². The standard InChI is InChI=1S/C18H13NO2/c1-20-17-11-8-15(9-12-17)18-19-16(13-21-18)10-7-14-5-3-2-4-6-14/h2-6,8-9,11-13H,1H3. The third-order valence-corrected chi connectivity index (χ3v) is 2.95. The lowest BCUT2D eigenvalue weighted by Gasteiger charge is -1.99. The van der Waals surface area contributed by atoms with Gasteiger partial charge in [-0.15, -0.1) is 0 Å². The van der Waals surface area contributed by atoms with Gasteiger partial charge in [-0.1, -0.05) is 24.1 Å². The second-order valence-corrected chi connectivity index (χ2v) is 4.38. The highest BCUT2D eigenvalue weighted by Gasteiger charge is 2.05. The summed E-state index contributed by atoms with van der Waals surface area (Å²) in [6, 6.07) is 17.3. The largest absolute Gasteiger partial charge is 0.497 e. The molecule has 21 heavy (non-hydrogen) atoms. The molecule has 0 aliphatic carbocycles. The predicted octanol–water partition coefficient (Wildman–Crippen LogP) is 3.75. The van der Waals surface area contributed by atoms with Crippen molar-refractivity contribution in [2.75, 3.05) is 7.11 Å². The van der Waals surface area contributed by atoms with E-state index in [1.807, 2.05) is 54.6 Å². The number of hydrogen-bond donors (Lipinski definition) is 0. The van der Waals surface area contributed by atoms with Gasteiger partial charge >= 0.3 is 0 Å². The molecule has 0 aliphatic rings. The predicted molar refractivity (Wildman–Crippen MR) is 80.9 cm³/mol. The van der Waals surface area contributed by atoms with E-state index in [9.17, 15) is 0 Å². The minimum absolute atomic E-state index is 0.551. The summed E-state index contributed by atoms with van der Waals surface area (Å²) >= 11 is 0. The van der Waals surface area contributed by atoms with Crippen molar-refractivity contribution in [1.29, 1.82) is 0 Å². The summed E-state index contributed by atoms with van der Waals surface area (Å²) in [5.74, 6) is 7.40. The third-order valence-electron chi connectivity index (χ3n) is 2.95. The summed E-state index contributed by atoms with van der Waals surface area (Å²) in [5, 5.41) is 0. The fraction of sp³-hybridized carbons (Fsp3) is 0.0556. The molecule has 3 aromatic rings. The van der Waals surface area contributed by atoms with Crippen LogP contribution in [-0.2, 0) is 0 Å². The van der Waals surface area contributed by atoms with Crippen molar-refractivity contribution in [3.63, 3.8) is 0 Å². The van der Waals surface area contributed by atoms with Crippen molar-refractivity contribution in [1.82, 2.24) is 4.98 Å². The lowest BCUT2D eigenvalue weighted by Crippen LogP contribution is -1.83. The maximum Gasteiger partial charge on any atom is 0.227 e. The first-order chi connectivity index (χ1) is 10.3. The molecule has 0 unspecified atom stereocenters. The molecule has 2 aromatic carbocycles. The van der Waals surface area contributed by atoms with Crippen LogP contribution < -0.4 is 4.74 Å².